The Morgan fingerprint density at radius 3 is 2.59 bits per heavy atom. The molecule has 9 heteroatoms. The number of imidazole rings is 1. The van der Waals surface area contributed by atoms with Crippen LogP contribution in [0.5, 0.6) is 5.75 Å². The second kappa shape index (κ2) is 7.98. The third kappa shape index (κ3) is 3.95. The molecule has 32 heavy (non-hydrogen) atoms. The molecule has 0 saturated heterocycles. The molecule has 0 radical (unpaired) electrons. The molecule has 0 aliphatic carbocycles. The first-order valence-electron chi connectivity index (χ1n) is 10.4. The summed E-state index contributed by atoms with van der Waals surface area (Å²) in [4.78, 5) is 19.3. The zero-order valence-electron chi connectivity index (χ0n) is 17.2. The molecule has 5 rings (SSSR count). The van der Waals surface area contributed by atoms with Gasteiger partial charge in [-0.1, -0.05) is 18.2 Å². The van der Waals surface area contributed by atoms with Gasteiger partial charge in [0.1, 0.15) is 23.9 Å². The van der Waals surface area contributed by atoms with Gasteiger partial charge >= 0.3 is 6.18 Å². The fraction of sp³-hybridized carbons (Fsp3) is 0.304. The largest absolute Gasteiger partial charge is 0.491 e. The van der Waals surface area contributed by atoms with Gasteiger partial charge < -0.3 is 19.5 Å². The van der Waals surface area contributed by atoms with Crippen molar-refractivity contribution in [2.75, 3.05) is 19.7 Å². The predicted octanol–water partition coefficient (Wildman–Crippen LogP) is 3.71. The summed E-state index contributed by atoms with van der Waals surface area (Å²) >= 11 is 0. The van der Waals surface area contributed by atoms with E-state index >= 15 is 0 Å². The van der Waals surface area contributed by atoms with Gasteiger partial charge in [0.25, 0.3) is 5.91 Å². The first kappa shape index (κ1) is 20.6. The Kier molecular flexibility index (Phi) is 5.13. The molecule has 166 valence electrons. The Hall–Kier alpha value is -3.33. The van der Waals surface area contributed by atoms with E-state index in [0.29, 0.717) is 43.2 Å². The highest BCUT2D eigenvalue weighted by atomic mass is 19.4. The van der Waals surface area contributed by atoms with Crippen LogP contribution in [0.25, 0.3) is 11.1 Å². The van der Waals surface area contributed by atoms with E-state index in [2.05, 4.69) is 10.3 Å². The number of nitrogens with one attached hydrogen (secondary N) is 1. The van der Waals surface area contributed by atoms with Crippen molar-refractivity contribution in [3.05, 3.63) is 71.3 Å². The monoisotopic (exact) mass is 442 g/mol. The van der Waals surface area contributed by atoms with Crippen molar-refractivity contribution in [3.8, 4) is 16.9 Å². The molecule has 0 fully saturated rings. The average molecular weight is 442 g/mol. The van der Waals surface area contributed by atoms with E-state index in [1.165, 1.54) is 12.1 Å². The zero-order valence-corrected chi connectivity index (χ0v) is 17.2. The minimum absolute atomic E-state index is 0.164. The van der Waals surface area contributed by atoms with Gasteiger partial charge in [0.2, 0.25) is 0 Å². The number of hydrogen-bond donors (Lipinski definition) is 1. The number of aromatic nitrogens is 2. The highest BCUT2D eigenvalue weighted by molar-refractivity contribution is 5.92. The molecule has 0 bridgehead atoms. The van der Waals surface area contributed by atoms with Gasteiger partial charge in [-0.3, -0.25) is 4.79 Å². The third-order valence-corrected chi connectivity index (χ3v) is 5.76. The van der Waals surface area contributed by atoms with Crippen molar-refractivity contribution in [1.82, 2.24) is 19.8 Å². The number of fused-ring (bicyclic) bond motifs is 2. The van der Waals surface area contributed by atoms with Crippen LogP contribution in [0.4, 0.5) is 13.2 Å². The summed E-state index contributed by atoms with van der Waals surface area (Å²) in [5, 5.41) is 3.24. The van der Waals surface area contributed by atoms with Crippen molar-refractivity contribution in [2.45, 2.75) is 25.8 Å². The van der Waals surface area contributed by atoms with Crippen LogP contribution in [-0.2, 0) is 25.8 Å². The van der Waals surface area contributed by atoms with Crippen LogP contribution in [0.2, 0.25) is 0 Å². The number of carbonyl (C=O) groups is 1. The lowest BCUT2D eigenvalue weighted by Crippen LogP contribution is -2.32. The maximum atomic E-state index is 13.1. The molecule has 3 aromatic rings. The van der Waals surface area contributed by atoms with E-state index in [1.54, 1.807) is 17.2 Å². The maximum Gasteiger partial charge on any atom is 0.416 e. The molecule has 0 unspecified atom stereocenters. The smallest absolute Gasteiger partial charge is 0.416 e. The van der Waals surface area contributed by atoms with Gasteiger partial charge in [0.15, 0.2) is 0 Å². The Bertz CT molecular complexity index is 1130. The first-order chi connectivity index (χ1) is 15.4. The lowest BCUT2D eigenvalue weighted by molar-refractivity contribution is -0.137. The Morgan fingerprint density at radius 2 is 1.84 bits per heavy atom. The molecule has 0 saturated carbocycles. The number of carbonyl (C=O) groups excluding carboxylic acids is 1. The Balaban J connectivity index is 1.39. The van der Waals surface area contributed by atoms with Gasteiger partial charge in [-0.05, 0) is 35.4 Å². The van der Waals surface area contributed by atoms with E-state index in [4.69, 9.17) is 4.74 Å². The van der Waals surface area contributed by atoms with Gasteiger partial charge in [0, 0.05) is 31.4 Å². The Morgan fingerprint density at radius 1 is 1.06 bits per heavy atom. The van der Waals surface area contributed by atoms with E-state index in [9.17, 15) is 18.0 Å². The molecule has 2 aromatic carbocycles. The molecule has 1 aromatic heterocycles. The number of alkyl halides is 3. The van der Waals surface area contributed by atoms with Gasteiger partial charge in [0.05, 0.1) is 18.7 Å². The van der Waals surface area contributed by atoms with E-state index in [0.717, 1.165) is 42.2 Å². The fourth-order valence-corrected chi connectivity index (χ4v) is 4.05. The van der Waals surface area contributed by atoms with Crippen molar-refractivity contribution >= 4 is 5.91 Å². The number of benzene rings is 2. The van der Waals surface area contributed by atoms with Crippen LogP contribution in [0.15, 0.2) is 48.7 Å². The molecule has 3 heterocycles. The summed E-state index contributed by atoms with van der Waals surface area (Å²) in [5.74, 6) is 1.35. The van der Waals surface area contributed by atoms with Crippen molar-refractivity contribution in [2.24, 2.45) is 0 Å². The van der Waals surface area contributed by atoms with Crippen molar-refractivity contribution in [3.63, 3.8) is 0 Å². The summed E-state index contributed by atoms with van der Waals surface area (Å²) < 4.78 is 46.4. The van der Waals surface area contributed by atoms with Crippen LogP contribution in [-0.4, -0.2) is 40.1 Å². The van der Waals surface area contributed by atoms with Gasteiger partial charge in [-0.25, -0.2) is 4.98 Å². The van der Waals surface area contributed by atoms with E-state index in [1.807, 2.05) is 16.7 Å². The molecule has 2 aliphatic rings. The van der Waals surface area contributed by atoms with E-state index in [-0.39, 0.29) is 5.91 Å². The quantitative estimate of drug-likeness (QED) is 0.658. The van der Waals surface area contributed by atoms with Crippen LogP contribution in [0.1, 0.15) is 27.4 Å². The molecule has 6 nitrogen and oxygen atoms in total. The fourth-order valence-electron chi connectivity index (χ4n) is 4.05. The SMILES string of the molecule is O=C(c1cn2c(n1)CNCC2)N1CCOc2ccc(-c3ccc(C(F)(F)F)cc3)cc2C1. The highest BCUT2D eigenvalue weighted by Crippen LogP contribution is 2.33. The standard InChI is InChI=1S/C23H21F3N4O2/c24-23(25,26)18-4-1-15(2-5-18)16-3-6-20-17(11-16)13-30(9-10-32-20)22(31)19-14-29-8-7-27-12-21(29)28-19/h1-6,11,14,27H,7-10,12-13H2. The third-order valence-electron chi connectivity index (χ3n) is 5.76. The number of halogens is 3. The molecular weight excluding hydrogens is 421 g/mol. The molecule has 0 spiro atoms. The molecule has 1 N–H and O–H groups in total. The number of amides is 1. The number of hydrogen-bond acceptors (Lipinski definition) is 4. The first-order valence-corrected chi connectivity index (χ1v) is 10.4. The topological polar surface area (TPSA) is 59.4 Å². The molecular formula is C23H21F3N4O2. The lowest BCUT2D eigenvalue weighted by atomic mass is 10.0. The highest BCUT2D eigenvalue weighted by Gasteiger charge is 2.30. The summed E-state index contributed by atoms with van der Waals surface area (Å²) in [6.07, 6.45) is -2.58. The number of ether oxygens (including phenoxy) is 1. The number of rotatable bonds is 2. The second-order valence-corrected chi connectivity index (χ2v) is 7.89. The van der Waals surface area contributed by atoms with Crippen LogP contribution in [0.3, 0.4) is 0 Å². The van der Waals surface area contributed by atoms with Crippen LogP contribution >= 0.6 is 0 Å². The molecule has 0 atom stereocenters. The second-order valence-electron chi connectivity index (χ2n) is 7.89. The minimum Gasteiger partial charge on any atom is -0.491 e. The van der Waals surface area contributed by atoms with Crippen LogP contribution in [0, 0.1) is 0 Å². The lowest BCUT2D eigenvalue weighted by Gasteiger charge is -2.19. The Labute approximate surface area is 182 Å². The summed E-state index contributed by atoms with van der Waals surface area (Å²) in [5.41, 5.74) is 1.95. The normalized spacial score (nSPS) is 16.0. The van der Waals surface area contributed by atoms with E-state index < -0.39 is 11.7 Å². The minimum atomic E-state index is -4.37. The van der Waals surface area contributed by atoms with Gasteiger partial charge in [-0.15, -0.1) is 0 Å². The summed E-state index contributed by atoms with van der Waals surface area (Å²) in [7, 11) is 0. The summed E-state index contributed by atoms with van der Waals surface area (Å²) in [6, 6.07) is 10.5. The molecule has 2 aliphatic heterocycles. The molecule has 1 amide bonds. The number of nitrogens with zero attached hydrogens (tertiary/aromatic N) is 3. The summed E-state index contributed by atoms with van der Waals surface area (Å²) in [6.45, 7) is 3.36. The maximum absolute atomic E-state index is 13.1. The average Bonchev–Trinajstić information content (AvgIpc) is 3.11. The predicted molar refractivity (Wildman–Crippen MR) is 111 cm³/mol. The van der Waals surface area contributed by atoms with Crippen molar-refractivity contribution < 1.29 is 22.7 Å². The van der Waals surface area contributed by atoms with Crippen molar-refractivity contribution in [1.29, 1.82) is 0 Å². The van der Waals surface area contributed by atoms with Gasteiger partial charge in [-0.2, -0.15) is 13.2 Å². The van der Waals surface area contributed by atoms with Crippen LogP contribution < -0.4 is 10.1 Å². The zero-order chi connectivity index (χ0) is 22.3.